The second-order valence-corrected chi connectivity index (χ2v) is 8.75. The monoisotopic (exact) mass is 384 g/mol. The quantitative estimate of drug-likeness (QED) is 0.727. The minimum atomic E-state index is -3.40. The Labute approximate surface area is 157 Å². The number of nitrogens with zero attached hydrogens (tertiary/aromatic N) is 3. The Hall–Kier alpha value is -2.71. The number of hydrogen-bond acceptors (Lipinski definition) is 4. The molecule has 27 heavy (non-hydrogen) atoms. The van der Waals surface area contributed by atoms with Crippen LogP contribution >= 0.6 is 0 Å². The van der Waals surface area contributed by atoms with Crippen molar-refractivity contribution in [2.75, 3.05) is 19.3 Å². The molecule has 1 aliphatic rings. The lowest BCUT2D eigenvalue weighted by Gasteiger charge is -2.44. The molecule has 2 aromatic heterocycles. The number of fused-ring (bicyclic) bond motifs is 1. The average Bonchev–Trinajstić information content (AvgIpc) is 3.07. The highest BCUT2D eigenvalue weighted by Gasteiger charge is 2.39. The molecule has 0 saturated carbocycles. The Balaban J connectivity index is 1.46. The van der Waals surface area contributed by atoms with Gasteiger partial charge in [0.25, 0.3) is 5.91 Å². The van der Waals surface area contributed by atoms with Crippen LogP contribution in [-0.2, 0) is 16.6 Å². The van der Waals surface area contributed by atoms with Crippen LogP contribution in [0.15, 0.2) is 55.0 Å². The van der Waals surface area contributed by atoms with Crippen molar-refractivity contribution in [3.63, 3.8) is 0 Å². The third-order valence-corrected chi connectivity index (χ3v) is 6.13. The molecule has 1 N–H and O–H groups in total. The molecule has 3 heterocycles. The Kier molecular flexibility index (Phi) is 4.45. The van der Waals surface area contributed by atoms with Gasteiger partial charge in [0.2, 0.25) is 10.0 Å². The van der Waals surface area contributed by atoms with Crippen LogP contribution in [0.25, 0.3) is 10.9 Å². The van der Waals surface area contributed by atoms with Crippen LogP contribution in [0, 0.1) is 0 Å². The van der Waals surface area contributed by atoms with Crippen molar-refractivity contribution in [3.05, 3.63) is 66.1 Å². The van der Waals surface area contributed by atoms with Gasteiger partial charge in [-0.15, -0.1) is 0 Å². The molecule has 1 aliphatic heterocycles. The highest BCUT2D eigenvalue weighted by Crippen LogP contribution is 2.23. The Morgan fingerprint density at radius 2 is 2.11 bits per heavy atom. The molecule has 0 unspecified atom stereocenters. The molecule has 1 saturated heterocycles. The van der Waals surface area contributed by atoms with Crippen molar-refractivity contribution in [2.45, 2.75) is 12.6 Å². The van der Waals surface area contributed by atoms with Crippen LogP contribution in [0.4, 0.5) is 0 Å². The number of pyridine rings is 1. The van der Waals surface area contributed by atoms with Crippen molar-refractivity contribution in [2.24, 2.45) is 0 Å². The van der Waals surface area contributed by atoms with E-state index in [1.54, 1.807) is 29.4 Å². The molecule has 0 atom stereocenters. The number of aromatic nitrogens is 2. The number of nitrogens with one attached hydrogen (secondary N) is 1. The van der Waals surface area contributed by atoms with Gasteiger partial charge in [-0.05, 0) is 35.2 Å². The number of hydrogen-bond donors (Lipinski definition) is 1. The van der Waals surface area contributed by atoms with E-state index in [1.165, 1.54) is 10.6 Å². The molecule has 8 heteroatoms. The number of sulfonamides is 1. The number of amides is 1. The summed E-state index contributed by atoms with van der Waals surface area (Å²) >= 11 is 0. The van der Waals surface area contributed by atoms with Gasteiger partial charge in [0.1, 0.15) is 0 Å². The van der Waals surface area contributed by atoms with Crippen LogP contribution in [0.1, 0.15) is 15.9 Å². The first-order chi connectivity index (χ1) is 12.9. The van der Waals surface area contributed by atoms with E-state index in [4.69, 9.17) is 0 Å². The zero-order valence-electron chi connectivity index (χ0n) is 14.9. The predicted molar refractivity (Wildman–Crippen MR) is 103 cm³/mol. The maximum absolute atomic E-state index is 12.7. The SMILES string of the molecule is CS(=O)(=O)N(Cc1cccnc1)C1CN(C(=O)c2ccc3cc[nH]c3c2)C1. The summed E-state index contributed by atoms with van der Waals surface area (Å²) < 4.78 is 25.9. The number of H-pyrrole nitrogens is 1. The van der Waals surface area contributed by atoms with E-state index in [1.807, 2.05) is 30.5 Å². The van der Waals surface area contributed by atoms with Crippen molar-refractivity contribution in [1.29, 1.82) is 0 Å². The normalized spacial score (nSPS) is 15.3. The van der Waals surface area contributed by atoms with Gasteiger partial charge in [0.05, 0.1) is 12.3 Å². The third kappa shape index (κ3) is 3.58. The van der Waals surface area contributed by atoms with E-state index in [0.717, 1.165) is 16.5 Å². The van der Waals surface area contributed by atoms with E-state index >= 15 is 0 Å². The van der Waals surface area contributed by atoms with Crippen molar-refractivity contribution < 1.29 is 13.2 Å². The van der Waals surface area contributed by atoms with E-state index in [9.17, 15) is 13.2 Å². The summed E-state index contributed by atoms with van der Waals surface area (Å²) in [6, 6.07) is 10.9. The summed E-state index contributed by atoms with van der Waals surface area (Å²) in [7, 11) is -3.40. The fourth-order valence-electron chi connectivity index (χ4n) is 3.36. The van der Waals surface area contributed by atoms with Gasteiger partial charge >= 0.3 is 0 Å². The first kappa shape index (κ1) is 17.7. The minimum Gasteiger partial charge on any atom is -0.361 e. The molecule has 4 rings (SSSR count). The number of aromatic amines is 1. The Morgan fingerprint density at radius 3 is 2.81 bits per heavy atom. The van der Waals surface area contributed by atoms with Crippen molar-refractivity contribution in [1.82, 2.24) is 19.2 Å². The van der Waals surface area contributed by atoms with E-state index in [-0.39, 0.29) is 18.5 Å². The van der Waals surface area contributed by atoms with Crippen LogP contribution in [0.5, 0.6) is 0 Å². The number of likely N-dealkylation sites (tertiary alicyclic amines) is 1. The average molecular weight is 384 g/mol. The Morgan fingerprint density at radius 1 is 1.30 bits per heavy atom. The minimum absolute atomic E-state index is 0.0856. The van der Waals surface area contributed by atoms with E-state index < -0.39 is 10.0 Å². The second-order valence-electron chi connectivity index (χ2n) is 6.81. The third-order valence-electron chi connectivity index (χ3n) is 4.85. The number of rotatable bonds is 5. The predicted octanol–water partition coefficient (Wildman–Crippen LogP) is 1.85. The van der Waals surface area contributed by atoms with Crippen LogP contribution in [-0.4, -0.2) is 58.9 Å². The molecule has 1 fully saturated rings. The van der Waals surface area contributed by atoms with Crippen molar-refractivity contribution >= 4 is 26.8 Å². The van der Waals surface area contributed by atoms with Crippen molar-refractivity contribution in [3.8, 4) is 0 Å². The molecule has 0 bridgehead atoms. The Bertz CT molecular complexity index is 1070. The molecule has 0 radical (unpaired) electrons. The largest absolute Gasteiger partial charge is 0.361 e. The smallest absolute Gasteiger partial charge is 0.254 e. The molecular formula is C19H20N4O3S. The van der Waals surface area contributed by atoms with E-state index in [0.29, 0.717) is 18.7 Å². The number of carbonyl (C=O) groups excluding carboxylic acids is 1. The highest BCUT2D eigenvalue weighted by molar-refractivity contribution is 7.88. The zero-order valence-corrected chi connectivity index (χ0v) is 15.7. The van der Waals surface area contributed by atoms with Gasteiger partial charge in [-0.25, -0.2) is 8.42 Å². The molecule has 140 valence electrons. The maximum Gasteiger partial charge on any atom is 0.254 e. The molecule has 1 aromatic carbocycles. The lowest BCUT2D eigenvalue weighted by molar-refractivity contribution is 0.0444. The standard InChI is InChI=1S/C19H20N4O3S/c1-27(25,26)23(11-14-3-2-7-20-10-14)17-12-22(13-17)19(24)16-5-4-15-6-8-21-18(15)9-16/h2-10,17,21H,11-13H2,1H3. The molecule has 0 aliphatic carbocycles. The van der Waals surface area contributed by atoms with Gasteiger partial charge in [0.15, 0.2) is 0 Å². The first-order valence-corrected chi connectivity index (χ1v) is 10.5. The van der Waals surface area contributed by atoms with Crippen LogP contribution < -0.4 is 0 Å². The van der Waals surface area contributed by atoms with Gasteiger partial charge in [0, 0.05) is 49.3 Å². The summed E-state index contributed by atoms with van der Waals surface area (Å²) in [5, 5.41) is 1.05. The fourth-order valence-corrected chi connectivity index (χ4v) is 4.41. The fraction of sp³-hybridized carbons (Fsp3) is 0.263. The highest BCUT2D eigenvalue weighted by atomic mass is 32.2. The number of carbonyl (C=O) groups is 1. The number of benzene rings is 1. The molecular weight excluding hydrogens is 364 g/mol. The molecule has 1 amide bonds. The first-order valence-electron chi connectivity index (χ1n) is 8.64. The van der Waals surface area contributed by atoms with E-state index in [2.05, 4.69) is 9.97 Å². The summed E-state index contributed by atoms with van der Waals surface area (Å²) in [6.45, 7) is 1.03. The molecule has 3 aromatic rings. The lowest BCUT2D eigenvalue weighted by Crippen LogP contribution is -2.61. The maximum atomic E-state index is 12.7. The van der Waals surface area contributed by atoms with Gasteiger partial charge in [-0.3, -0.25) is 9.78 Å². The van der Waals surface area contributed by atoms with Gasteiger partial charge in [-0.1, -0.05) is 12.1 Å². The van der Waals surface area contributed by atoms with Gasteiger partial charge < -0.3 is 9.88 Å². The molecule has 0 spiro atoms. The van der Waals surface area contributed by atoms with Crippen LogP contribution in [0.3, 0.4) is 0 Å². The van der Waals surface area contributed by atoms with Gasteiger partial charge in [-0.2, -0.15) is 4.31 Å². The summed E-state index contributed by atoms with van der Waals surface area (Å²) in [4.78, 5) is 21.5. The summed E-state index contributed by atoms with van der Waals surface area (Å²) in [5.74, 6) is -0.0856. The van der Waals surface area contributed by atoms with Crippen LogP contribution in [0.2, 0.25) is 0 Å². The summed E-state index contributed by atoms with van der Waals surface area (Å²) in [6.07, 6.45) is 6.35. The summed E-state index contributed by atoms with van der Waals surface area (Å²) in [5.41, 5.74) is 2.33. The second kappa shape index (κ2) is 6.79. The topological polar surface area (TPSA) is 86.4 Å². The lowest BCUT2D eigenvalue weighted by atomic mass is 10.1. The zero-order chi connectivity index (χ0) is 19.0. The molecule has 7 nitrogen and oxygen atoms in total.